The second-order valence-corrected chi connectivity index (χ2v) is 4.85. The lowest BCUT2D eigenvalue weighted by atomic mass is 10.1. The van der Waals surface area contributed by atoms with Crippen molar-refractivity contribution in [2.24, 2.45) is 0 Å². The molecular formula is C13H13BrF2O4. The SMILES string of the molecule is CCOC(=O)C(=O)C(Br)Cc1ccccc1OC(F)F. The molecule has 1 atom stereocenters. The van der Waals surface area contributed by atoms with Crippen molar-refractivity contribution in [2.75, 3.05) is 6.61 Å². The van der Waals surface area contributed by atoms with Crippen molar-refractivity contribution in [1.82, 2.24) is 0 Å². The van der Waals surface area contributed by atoms with Crippen LogP contribution in [0.3, 0.4) is 0 Å². The maximum absolute atomic E-state index is 12.3. The van der Waals surface area contributed by atoms with Crippen molar-refractivity contribution in [2.45, 2.75) is 24.8 Å². The Labute approximate surface area is 123 Å². The highest BCUT2D eigenvalue weighted by Crippen LogP contribution is 2.23. The number of Topliss-reactive ketones (excluding diaryl/α,β-unsaturated/α-hetero) is 1. The summed E-state index contributed by atoms with van der Waals surface area (Å²) in [4.78, 5) is 22.1. The van der Waals surface area contributed by atoms with Crippen LogP contribution in [-0.4, -0.2) is 29.8 Å². The quantitative estimate of drug-likeness (QED) is 0.431. The molecule has 0 fully saturated rings. The van der Waals surface area contributed by atoms with Crippen molar-refractivity contribution in [3.8, 4) is 5.75 Å². The molecule has 1 aromatic rings. The molecule has 0 aliphatic carbocycles. The number of esters is 1. The van der Waals surface area contributed by atoms with Crippen molar-refractivity contribution in [1.29, 1.82) is 0 Å². The Balaban J connectivity index is 2.77. The lowest BCUT2D eigenvalue weighted by Crippen LogP contribution is -2.27. The third-order valence-electron chi connectivity index (χ3n) is 2.35. The molecule has 0 bridgehead atoms. The van der Waals surface area contributed by atoms with Crippen LogP contribution >= 0.6 is 15.9 Å². The number of ketones is 1. The first-order valence-corrected chi connectivity index (χ1v) is 6.75. The molecule has 1 unspecified atom stereocenters. The third kappa shape index (κ3) is 4.88. The monoisotopic (exact) mass is 350 g/mol. The summed E-state index contributed by atoms with van der Waals surface area (Å²) in [5.74, 6) is -1.75. The molecule has 0 N–H and O–H groups in total. The summed E-state index contributed by atoms with van der Waals surface area (Å²) >= 11 is 3.06. The smallest absolute Gasteiger partial charge is 0.387 e. The molecule has 1 rings (SSSR count). The summed E-state index contributed by atoms with van der Waals surface area (Å²) < 4.78 is 33.4. The van der Waals surface area contributed by atoms with Crippen LogP contribution in [0.2, 0.25) is 0 Å². The maximum Gasteiger partial charge on any atom is 0.387 e. The van der Waals surface area contributed by atoms with E-state index in [0.717, 1.165) is 0 Å². The maximum atomic E-state index is 12.3. The average Bonchev–Trinajstić information content (AvgIpc) is 2.39. The molecule has 0 saturated heterocycles. The molecule has 0 aliphatic rings. The predicted molar refractivity (Wildman–Crippen MR) is 71.1 cm³/mol. The van der Waals surface area contributed by atoms with Gasteiger partial charge in [-0.2, -0.15) is 8.78 Å². The van der Waals surface area contributed by atoms with Gasteiger partial charge in [0.05, 0.1) is 11.4 Å². The Hall–Kier alpha value is -1.50. The van der Waals surface area contributed by atoms with Gasteiger partial charge in [0.25, 0.3) is 5.78 Å². The summed E-state index contributed by atoms with van der Waals surface area (Å²) in [6.45, 7) is -1.28. The van der Waals surface area contributed by atoms with Gasteiger partial charge in [0.1, 0.15) is 5.75 Å². The molecule has 0 saturated carbocycles. The summed E-state index contributed by atoms with van der Waals surface area (Å²) in [7, 11) is 0. The fraction of sp³-hybridized carbons (Fsp3) is 0.385. The Morgan fingerprint density at radius 2 is 1.95 bits per heavy atom. The van der Waals surface area contributed by atoms with Crippen LogP contribution in [0, 0.1) is 0 Å². The number of hydrogen-bond acceptors (Lipinski definition) is 4. The van der Waals surface area contributed by atoms with Crippen LogP contribution in [-0.2, 0) is 20.7 Å². The second kappa shape index (κ2) is 7.94. The van der Waals surface area contributed by atoms with E-state index in [0.29, 0.717) is 5.56 Å². The molecule has 0 aromatic heterocycles. The average molecular weight is 351 g/mol. The van der Waals surface area contributed by atoms with Crippen molar-refractivity contribution >= 4 is 27.7 Å². The Morgan fingerprint density at radius 1 is 1.30 bits per heavy atom. The largest absolute Gasteiger partial charge is 0.460 e. The minimum atomic E-state index is -2.95. The number of carbonyl (C=O) groups excluding carboxylic acids is 2. The first-order chi connectivity index (χ1) is 9.45. The van der Waals surface area contributed by atoms with Crippen LogP contribution < -0.4 is 4.74 Å². The highest BCUT2D eigenvalue weighted by molar-refractivity contribution is 9.10. The van der Waals surface area contributed by atoms with Gasteiger partial charge in [0.15, 0.2) is 0 Å². The molecule has 0 aliphatic heterocycles. The van der Waals surface area contributed by atoms with Gasteiger partial charge in [-0.05, 0) is 25.0 Å². The molecule has 4 nitrogen and oxygen atoms in total. The zero-order valence-electron chi connectivity index (χ0n) is 10.6. The van der Waals surface area contributed by atoms with Gasteiger partial charge in [0, 0.05) is 0 Å². The van der Waals surface area contributed by atoms with Gasteiger partial charge in [0.2, 0.25) is 0 Å². The lowest BCUT2D eigenvalue weighted by molar-refractivity contribution is -0.153. The van der Waals surface area contributed by atoms with E-state index in [-0.39, 0.29) is 18.8 Å². The number of alkyl halides is 3. The highest BCUT2D eigenvalue weighted by atomic mass is 79.9. The molecule has 7 heteroatoms. The van der Waals surface area contributed by atoms with Crippen molar-refractivity contribution in [3.63, 3.8) is 0 Å². The fourth-order valence-electron chi connectivity index (χ4n) is 1.50. The van der Waals surface area contributed by atoms with Crippen LogP contribution in [0.15, 0.2) is 24.3 Å². The number of hydrogen-bond donors (Lipinski definition) is 0. The molecule has 0 radical (unpaired) electrons. The Morgan fingerprint density at radius 3 is 2.55 bits per heavy atom. The molecule has 0 spiro atoms. The van der Waals surface area contributed by atoms with E-state index in [4.69, 9.17) is 0 Å². The lowest BCUT2D eigenvalue weighted by Gasteiger charge is -2.12. The second-order valence-electron chi connectivity index (χ2n) is 3.74. The summed E-state index contributed by atoms with van der Waals surface area (Å²) in [5, 5.41) is 0. The Bertz CT molecular complexity index is 479. The van der Waals surface area contributed by atoms with Crippen LogP contribution in [0.5, 0.6) is 5.75 Å². The summed E-state index contributed by atoms with van der Waals surface area (Å²) in [6, 6.07) is 6.08. The summed E-state index contributed by atoms with van der Waals surface area (Å²) in [6.07, 6.45) is 0.0422. The molecule has 1 aromatic carbocycles. The number of halogens is 3. The number of rotatable bonds is 7. The van der Waals surface area contributed by atoms with Gasteiger partial charge in [-0.25, -0.2) is 4.79 Å². The third-order valence-corrected chi connectivity index (χ3v) is 3.09. The summed E-state index contributed by atoms with van der Waals surface area (Å²) in [5.41, 5.74) is 0.396. The van der Waals surface area contributed by atoms with E-state index in [1.54, 1.807) is 19.1 Å². The van der Waals surface area contributed by atoms with E-state index in [9.17, 15) is 18.4 Å². The van der Waals surface area contributed by atoms with Crippen LogP contribution in [0.1, 0.15) is 12.5 Å². The molecule has 0 heterocycles. The van der Waals surface area contributed by atoms with Crippen LogP contribution in [0.4, 0.5) is 8.78 Å². The number of ether oxygens (including phenoxy) is 2. The normalized spacial score (nSPS) is 12.1. The first-order valence-electron chi connectivity index (χ1n) is 5.83. The molecule has 110 valence electrons. The number of para-hydroxylation sites is 1. The number of benzene rings is 1. The van der Waals surface area contributed by atoms with E-state index in [2.05, 4.69) is 25.4 Å². The first kappa shape index (κ1) is 16.6. The number of carbonyl (C=O) groups is 2. The van der Waals surface area contributed by atoms with Gasteiger partial charge in [-0.3, -0.25) is 4.79 Å². The Kier molecular flexibility index (Phi) is 6.57. The standard InChI is InChI=1S/C13H13BrF2O4/c1-2-19-12(18)11(17)9(14)7-8-5-3-4-6-10(8)20-13(15)16/h3-6,9,13H,2,7H2,1H3. The fourth-order valence-corrected chi connectivity index (χ4v) is 2.03. The van der Waals surface area contributed by atoms with E-state index in [1.165, 1.54) is 12.1 Å². The zero-order chi connectivity index (χ0) is 15.1. The predicted octanol–water partition coefficient (Wildman–Crippen LogP) is 2.73. The van der Waals surface area contributed by atoms with E-state index < -0.39 is 23.2 Å². The van der Waals surface area contributed by atoms with Crippen LogP contribution in [0.25, 0.3) is 0 Å². The highest BCUT2D eigenvalue weighted by Gasteiger charge is 2.25. The molecule has 0 amide bonds. The van der Waals surface area contributed by atoms with Gasteiger partial charge in [-0.1, -0.05) is 34.1 Å². The zero-order valence-corrected chi connectivity index (χ0v) is 12.2. The van der Waals surface area contributed by atoms with Gasteiger partial charge >= 0.3 is 12.6 Å². The minimum absolute atomic E-state index is 0.0244. The van der Waals surface area contributed by atoms with E-state index in [1.807, 2.05) is 0 Å². The van der Waals surface area contributed by atoms with Gasteiger partial charge < -0.3 is 9.47 Å². The van der Waals surface area contributed by atoms with Crippen molar-refractivity contribution in [3.05, 3.63) is 29.8 Å². The van der Waals surface area contributed by atoms with E-state index >= 15 is 0 Å². The minimum Gasteiger partial charge on any atom is -0.460 e. The molecular weight excluding hydrogens is 338 g/mol. The topological polar surface area (TPSA) is 52.6 Å². The molecule has 20 heavy (non-hydrogen) atoms. The van der Waals surface area contributed by atoms with Gasteiger partial charge in [-0.15, -0.1) is 0 Å². The van der Waals surface area contributed by atoms with Crippen molar-refractivity contribution < 1.29 is 27.8 Å².